The lowest BCUT2D eigenvalue weighted by molar-refractivity contribution is 0.217. The normalized spacial score (nSPS) is 11.4. The molecule has 1 rings (SSSR count). The van der Waals surface area contributed by atoms with E-state index < -0.39 is 10.0 Å². The highest BCUT2D eigenvalue weighted by molar-refractivity contribution is 7.92. The molecule has 0 aliphatic carbocycles. The molecule has 0 unspecified atom stereocenters. The van der Waals surface area contributed by atoms with Gasteiger partial charge in [-0.25, -0.2) is 8.42 Å². The Balaban J connectivity index is 2.80. The van der Waals surface area contributed by atoms with Gasteiger partial charge in [-0.1, -0.05) is 11.6 Å². The van der Waals surface area contributed by atoms with Gasteiger partial charge in [0.25, 0.3) is 0 Å². The summed E-state index contributed by atoms with van der Waals surface area (Å²) in [6, 6.07) is 4.00. The van der Waals surface area contributed by atoms with Crippen LogP contribution in [0.25, 0.3) is 0 Å². The van der Waals surface area contributed by atoms with Gasteiger partial charge in [-0.3, -0.25) is 4.72 Å². The molecule has 0 heterocycles. The van der Waals surface area contributed by atoms with Gasteiger partial charge in [-0.15, -0.1) is 0 Å². The average Bonchev–Trinajstić information content (AvgIpc) is 2.19. The van der Waals surface area contributed by atoms with Crippen LogP contribution in [-0.4, -0.2) is 33.0 Å². The first-order valence-electron chi connectivity index (χ1n) is 4.42. The highest BCUT2D eigenvalue weighted by atomic mass is 35.5. The predicted molar refractivity (Wildman–Crippen MR) is 62.4 cm³/mol. The molecule has 0 bridgehead atoms. The maximum absolute atomic E-state index is 11.5. The Morgan fingerprint density at radius 1 is 1.50 bits per heavy atom. The molecule has 0 spiro atoms. The van der Waals surface area contributed by atoms with Crippen LogP contribution in [0, 0.1) is 0 Å². The van der Waals surface area contributed by atoms with Crippen LogP contribution in [0.1, 0.15) is 0 Å². The molecule has 1 aromatic rings. The van der Waals surface area contributed by atoms with Gasteiger partial charge < -0.3 is 9.84 Å². The second-order valence-corrected chi connectivity index (χ2v) is 5.33. The van der Waals surface area contributed by atoms with Gasteiger partial charge >= 0.3 is 0 Å². The molecule has 0 radical (unpaired) electrons. The van der Waals surface area contributed by atoms with Gasteiger partial charge in [-0.2, -0.15) is 0 Å². The fraction of sp³-hybridized carbons (Fsp3) is 0.333. The van der Waals surface area contributed by atoms with E-state index in [0.717, 1.165) is 0 Å². The Hall–Kier alpha value is -0.980. The first-order valence-corrected chi connectivity index (χ1v) is 6.45. The van der Waals surface area contributed by atoms with Crippen molar-refractivity contribution < 1.29 is 18.3 Å². The summed E-state index contributed by atoms with van der Waals surface area (Å²) in [5.41, 5.74) is 0.232. The monoisotopic (exact) mass is 265 g/mol. The van der Waals surface area contributed by atoms with Crippen LogP contribution in [-0.2, 0) is 14.8 Å². The number of phenolic OH excluding ortho intramolecular Hbond substituents is 1. The maximum atomic E-state index is 11.5. The molecule has 0 aliphatic heterocycles. The Bertz CT molecular complexity index is 461. The number of rotatable bonds is 5. The minimum atomic E-state index is -3.47. The molecule has 0 saturated carbocycles. The molecule has 0 saturated heterocycles. The van der Waals surface area contributed by atoms with Gasteiger partial charge in [0.15, 0.2) is 0 Å². The smallest absolute Gasteiger partial charge is 0.235 e. The van der Waals surface area contributed by atoms with Gasteiger partial charge in [0, 0.05) is 13.2 Å². The number of hydrogen-bond donors (Lipinski definition) is 2. The molecule has 16 heavy (non-hydrogen) atoms. The minimum Gasteiger partial charge on any atom is -0.508 e. The van der Waals surface area contributed by atoms with Crippen LogP contribution in [0.4, 0.5) is 5.69 Å². The summed E-state index contributed by atoms with van der Waals surface area (Å²) in [7, 11) is -2.05. The summed E-state index contributed by atoms with van der Waals surface area (Å²) in [6.07, 6.45) is 0. The van der Waals surface area contributed by atoms with Gasteiger partial charge in [0.05, 0.1) is 23.1 Å². The van der Waals surface area contributed by atoms with Gasteiger partial charge in [0.1, 0.15) is 5.75 Å². The lowest BCUT2D eigenvalue weighted by Gasteiger charge is -2.09. The van der Waals surface area contributed by atoms with E-state index in [1.54, 1.807) is 0 Å². The zero-order valence-corrected chi connectivity index (χ0v) is 10.2. The molecule has 0 aromatic heterocycles. The molecule has 0 aliphatic rings. The summed E-state index contributed by atoms with van der Waals surface area (Å²) in [5.74, 6) is -0.175. The molecular formula is C9H12ClNO4S. The number of ether oxygens (including phenoxy) is 1. The largest absolute Gasteiger partial charge is 0.508 e. The number of halogens is 1. The van der Waals surface area contributed by atoms with E-state index in [0.29, 0.717) is 0 Å². The van der Waals surface area contributed by atoms with E-state index in [1.807, 2.05) is 0 Å². The Kier molecular flexibility index (Phi) is 4.40. The molecule has 2 N–H and O–H groups in total. The lowest BCUT2D eigenvalue weighted by atomic mass is 10.3. The highest BCUT2D eigenvalue weighted by Gasteiger charge is 2.12. The second-order valence-electron chi connectivity index (χ2n) is 3.08. The number of methoxy groups -OCH3 is 1. The molecular weight excluding hydrogens is 254 g/mol. The van der Waals surface area contributed by atoms with E-state index in [2.05, 4.69) is 9.46 Å². The van der Waals surface area contributed by atoms with Gasteiger partial charge in [-0.05, 0) is 12.1 Å². The van der Waals surface area contributed by atoms with Crippen molar-refractivity contribution in [2.75, 3.05) is 24.2 Å². The van der Waals surface area contributed by atoms with E-state index in [1.165, 1.54) is 25.3 Å². The molecule has 0 atom stereocenters. The van der Waals surface area contributed by atoms with Crippen LogP contribution in [0.5, 0.6) is 5.75 Å². The van der Waals surface area contributed by atoms with E-state index >= 15 is 0 Å². The summed E-state index contributed by atoms with van der Waals surface area (Å²) in [5, 5.41) is 9.24. The van der Waals surface area contributed by atoms with Crippen LogP contribution in [0.2, 0.25) is 5.02 Å². The molecule has 90 valence electrons. The SMILES string of the molecule is COCCS(=O)(=O)Nc1ccc(O)cc1Cl. The molecule has 1 aromatic carbocycles. The molecule has 0 fully saturated rings. The number of benzene rings is 1. The number of aromatic hydroxyl groups is 1. The zero-order chi connectivity index (χ0) is 12.2. The third-order valence-electron chi connectivity index (χ3n) is 1.77. The van der Waals surface area contributed by atoms with Crippen molar-refractivity contribution >= 4 is 27.3 Å². The van der Waals surface area contributed by atoms with Crippen molar-refractivity contribution in [1.82, 2.24) is 0 Å². The topological polar surface area (TPSA) is 75.6 Å². The summed E-state index contributed by atoms with van der Waals surface area (Å²) >= 11 is 5.75. The summed E-state index contributed by atoms with van der Waals surface area (Å²) < 4.78 is 29.9. The number of sulfonamides is 1. The standard InChI is InChI=1S/C9H12ClNO4S/c1-15-4-5-16(13,14)11-9-3-2-7(12)6-8(9)10/h2-3,6,11-12H,4-5H2,1H3. The predicted octanol–water partition coefficient (Wildman–Crippen LogP) is 1.43. The molecule has 0 amide bonds. The minimum absolute atomic E-state index is 0.0233. The van der Waals surface area contributed by atoms with Crippen LogP contribution < -0.4 is 4.72 Å². The van der Waals surface area contributed by atoms with Crippen molar-refractivity contribution in [3.63, 3.8) is 0 Å². The third kappa shape index (κ3) is 3.88. The fourth-order valence-corrected chi connectivity index (χ4v) is 2.28. The van der Waals surface area contributed by atoms with E-state index in [4.69, 9.17) is 16.7 Å². The van der Waals surface area contributed by atoms with Gasteiger partial charge in [0.2, 0.25) is 10.0 Å². The zero-order valence-electron chi connectivity index (χ0n) is 8.60. The van der Waals surface area contributed by atoms with Crippen molar-refractivity contribution in [2.24, 2.45) is 0 Å². The number of anilines is 1. The van der Waals surface area contributed by atoms with Crippen molar-refractivity contribution in [2.45, 2.75) is 0 Å². The van der Waals surface area contributed by atoms with E-state index in [-0.39, 0.29) is 28.8 Å². The van der Waals surface area contributed by atoms with E-state index in [9.17, 15) is 8.42 Å². The lowest BCUT2D eigenvalue weighted by Crippen LogP contribution is -2.19. The van der Waals surface area contributed by atoms with Crippen LogP contribution in [0.3, 0.4) is 0 Å². The second kappa shape index (κ2) is 5.38. The highest BCUT2D eigenvalue weighted by Crippen LogP contribution is 2.26. The summed E-state index contributed by atoms with van der Waals surface area (Å²) in [6.45, 7) is 0.102. The van der Waals surface area contributed by atoms with Crippen molar-refractivity contribution in [1.29, 1.82) is 0 Å². The quantitative estimate of drug-likeness (QED) is 0.790. The summed E-state index contributed by atoms with van der Waals surface area (Å²) in [4.78, 5) is 0. The number of nitrogens with one attached hydrogen (secondary N) is 1. The van der Waals surface area contributed by atoms with Crippen molar-refractivity contribution in [3.8, 4) is 5.75 Å². The first-order chi connectivity index (χ1) is 7.44. The van der Waals surface area contributed by atoms with Crippen molar-refractivity contribution in [3.05, 3.63) is 23.2 Å². The first kappa shape index (κ1) is 13.1. The molecule has 7 heteroatoms. The number of phenols is 1. The van der Waals surface area contributed by atoms with Crippen LogP contribution >= 0.6 is 11.6 Å². The average molecular weight is 266 g/mol. The Morgan fingerprint density at radius 2 is 2.19 bits per heavy atom. The Labute approximate surface area is 99.0 Å². The number of hydrogen-bond acceptors (Lipinski definition) is 4. The Morgan fingerprint density at radius 3 is 2.75 bits per heavy atom. The third-order valence-corrected chi connectivity index (χ3v) is 3.32. The molecule has 5 nitrogen and oxygen atoms in total. The fourth-order valence-electron chi connectivity index (χ4n) is 0.998. The maximum Gasteiger partial charge on any atom is 0.235 e. The van der Waals surface area contributed by atoms with Crippen LogP contribution in [0.15, 0.2) is 18.2 Å².